The van der Waals surface area contributed by atoms with Gasteiger partial charge in [-0.15, -0.1) is 0 Å². The van der Waals surface area contributed by atoms with Crippen molar-refractivity contribution in [2.24, 2.45) is 0 Å². The van der Waals surface area contributed by atoms with Crippen LogP contribution in [0.1, 0.15) is 11.1 Å². The van der Waals surface area contributed by atoms with E-state index in [0.29, 0.717) is 12.1 Å². The van der Waals surface area contributed by atoms with Crippen LogP contribution < -0.4 is 0 Å². The fourth-order valence-corrected chi connectivity index (χ4v) is 1.29. The third-order valence-corrected chi connectivity index (χ3v) is 2.24. The molecule has 2 N–H and O–H groups in total. The summed E-state index contributed by atoms with van der Waals surface area (Å²) in [5, 5.41) is 28.3. The average molecular weight is 277 g/mol. The lowest BCUT2D eigenvalue weighted by molar-refractivity contribution is -0.385. The lowest BCUT2D eigenvalue weighted by Gasteiger charge is -2.07. The normalized spacial score (nSPS) is 13.7. The topological polar surface area (TPSA) is 83.6 Å². The maximum absolute atomic E-state index is 12.4. The molecule has 0 radical (unpaired) electrons. The van der Waals surface area contributed by atoms with Gasteiger partial charge in [0.25, 0.3) is 5.69 Å². The highest BCUT2D eigenvalue weighted by molar-refractivity contribution is 5.62. The second-order valence-corrected chi connectivity index (χ2v) is 3.64. The molecule has 0 bridgehead atoms. The number of hydrogen-bond acceptors (Lipinski definition) is 4. The Hall–Kier alpha value is -1.93. The Kier molecular flexibility index (Phi) is 4.62. The quantitative estimate of drug-likeness (QED) is 0.651. The number of aliphatic hydroxyl groups is 2. The molecular weight excluding hydrogens is 267 g/mol. The number of nitro groups is 1. The van der Waals surface area contributed by atoms with Crippen LogP contribution >= 0.6 is 0 Å². The number of nitrogens with zero attached hydrogens (tertiary/aromatic N) is 1. The van der Waals surface area contributed by atoms with Crippen LogP contribution in [0.4, 0.5) is 18.9 Å². The van der Waals surface area contributed by atoms with Gasteiger partial charge in [0.15, 0.2) is 0 Å². The zero-order chi connectivity index (χ0) is 14.6. The van der Waals surface area contributed by atoms with Gasteiger partial charge in [-0.1, -0.05) is 6.08 Å². The monoisotopic (exact) mass is 277 g/mol. The minimum absolute atomic E-state index is 0.0921. The van der Waals surface area contributed by atoms with Crippen LogP contribution in [-0.4, -0.2) is 27.8 Å². The standard InChI is InChI=1S/C11H10F3NO4/c12-11(13,14)8-3-1-7(2-4-9(17)6-16)10(5-8)15(18)19/h1-5,9,16-17H,6H2/b4-2+. The Bertz CT molecular complexity index is 499. The Labute approximate surface area is 105 Å². The third kappa shape index (κ3) is 4.04. The Morgan fingerprint density at radius 1 is 1.42 bits per heavy atom. The largest absolute Gasteiger partial charge is 0.416 e. The molecule has 1 atom stereocenters. The molecule has 0 aliphatic carbocycles. The van der Waals surface area contributed by atoms with Gasteiger partial charge in [0.05, 0.1) is 28.8 Å². The second kappa shape index (κ2) is 5.81. The van der Waals surface area contributed by atoms with Gasteiger partial charge < -0.3 is 10.2 Å². The van der Waals surface area contributed by atoms with Gasteiger partial charge in [0, 0.05) is 6.07 Å². The van der Waals surface area contributed by atoms with Crippen molar-refractivity contribution in [1.29, 1.82) is 0 Å². The Morgan fingerprint density at radius 2 is 2.05 bits per heavy atom. The number of benzene rings is 1. The van der Waals surface area contributed by atoms with Gasteiger partial charge in [0.2, 0.25) is 0 Å². The van der Waals surface area contributed by atoms with E-state index >= 15 is 0 Å². The Morgan fingerprint density at radius 3 is 2.53 bits per heavy atom. The van der Waals surface area contributed by atoms with Crippen molar-refractivity contribution in [3.63, 3.8) is 0 Å². The van der Waals surface area contributed by atoms with Crippen LogP contribution in [-0.2, 0) is 6.18 Å². The highest BCUT2D eigenvalue weighted by Gasteiger charge is 2.32. The zero-order valence-corrected chi connectivity index (χ0v) is 9.46. The molecule has 104 valence electrons. The molecule has 1 rings (SSSR count). The van der Waals surface area contributed by atoms with Gasteiger partial charge in [-0.3, -0.25) is 10.1 Å². The van der Waals surface area contributed by atoms with Crippen LogP contribution in [0.15, 0.2) is 24.3 Å². The first-order valence-corrected chi connectivity index (χ1v) is 5.08. The lowest BCUT2D eigenvalue weighted by Crippen LogP contribution is -2.08. The zero-order valence-electron chi connectivity index (χ0n) is 9.46. The van der Waals surface area contributed by atoms with Crippen molar-refractivity contribution >= 4 is 11.8 Å². The molecule has 0 fully saturated rings. The van der Waals surface area contributed by atoms with E-state index in [1.165, 1.54) is 0 Å². The number of halogens is 3. The third-order valence-electron chi connectivity index (χ3n) is 2.24. The van der Waals surface area contributed by atoms with Crippen LogP contribution in [0.2, 0.25) is 0 Å². The van der Waals surface area contributed by atoms with E-state index in [-0.39, 0.29) is 5.56 Å². The van der Waals surface area contributed by atoms with E-state index < -0.39 is 35.1 Å². The van der Waals surface area contributed by atoms with Crippen LogP contribution in [0, 0.1) is 10.1 Å². The van der Waals surface area contributed by atoms with Crippen LogP contribution in [0.3, 0.4) is 0 Å². The summed E-state index contributed by atoms with van der Waals surface area (Å²) in [7, 11) is 0. The fourth-order valence-electron chi connectivity index (χ4n) is 1.29. The molecule has 1 unspecified atom stereocenters. The summed E-state index contributed by atoms with van der Waals surface area (Å²) in [5.41, 5.74) is -1.94. The van der Waals surface area contributed by atoms with Crippen molar-refractivity contribution in [3.05, 3.63) is 45.5 Å². The van der Waals surface area contributed by atoms with Crippen molar-refractivity contribution in [3.8, 4) is 0 Å². The van der Waals surface area contributed by atoms with Crippen molar-refractivity contribution in [1.82, 2.24) is 0 Å². The van der Waals surface area contributed by atoms with E-state index in [9.17, 15) is 23.3 Å². The molecule has 0 aromatic heterocycles. The number of hydrogen-bond donors (Lipinski definition) is 2. The highest BCUT2D eigenvalue weighted by Crippen LogP contribution is 2.33. The maximum atomic E-state index is 12.4. The van der Waals surface area contributed by atoms with E-state index in [2.05, 4.69) is 0 Å². The molecule has 0 saturated heterocycles. The maximum Gasteiger partial charge on any atom is 0.416 e. The molecule has 5 nitrogen and oxygen atoms in total. The summed E-state index contributed by atoms with van der Waals surface area (Å²) in [6.07, 6.45) is -3.77. The van der Waals surface area contributed by atoms with Gasteiger partial charge in [-0.25, -0.2) is 0 Å². The predicted octanol–water partition coefficient (Wildman–Crippen LogP) is 1.98. The summed E-state index contributed by atoms with van der Waals surface area (Å²) in [6, 6.07) is 2.06. The minimum Gasteiger partial charge on any atom is -0.393 e. The minimum atomic E-state index is -4.67. The summed E-state index contributed by atoms with van der Waals surface area (Å²) in [6.45, 7) is -0.592. The van der Waals surface area contributed by atoms with Crippen molar-refractivity contribution in [2.75, 3.05) is 6.61 Å². The molecule has 0 aliphatic heterocycles. The van der Waals surface area contributed by atoms with Gasteiger partial charge in [-0.2, -0.15) is 13.2 Å². The molecule has 0 aliphatic rings. The molecule has 1 aromatic rings. The summed E-state index contributed by atoms with van der Waals surface area (Å²) in [5.74, 6) is 0. The van der Waals surface area contributed by atoms with Crippen molar-refractivity contribution in [2.45, 2.75) is 12.3 Å². The Balaban J connectivity index is 3.20. The predicted molar refractivity (Wildman–Crippen MR) is 60.2 cm³/mol. The van der Waals surface area contributed by atoms with E-state index in [1.807, 2.05) is 0 Å². The van der Waals surface area contributed by atoms with Gasteiger partial charge in [-0.05, 0) is 18.2 Å². The second-order valence-electron chi connectivity index (χ2n) is 3.64. The first kappa shape index (κ1) is 15.1. The smallest absolute Gasteiger partial charge is 0.393 e. The summed E-state index contributed by atoms with van der Waals surface area (Å²) in [4.78, 5) is 9.76. The first-order valence-electron chi connectivity index (χ1n) is 5.08. The average Bonchev–Trinajstić information content (AvgIpc) is 2.34. The molecule has 19 heavy (non-hydrogen) atoms. The van der Waals surface area contributed by atoms with Crippen molar-refractivity contribution < 1.29 is 28.3 Å². The molecule has 8 heteroatoms. The fraction of sp³-hybridized carbons (Fsp3) is 0.273. The SMILES string of the molecule is O=[N+]([O-])c1cc(C(F)(F)F)ccc1/C=C/C(O)CO. The van der Waals surface area contributed by atoms with E-state index in [1.54, 1.807) is 0 Å². The van der Waals surface area contributed by atoms with Crippen LogP contribution in [0.25, 0.3) is 6.08 Å². The van der Waals surface area contributed by atoms with Gasteiger partial charge in [0.1, 0.15) is 0 Å². The summed E-state index contributed by atoms with van der Waals surface area (Å²) < 4.78 is 37.3. The number of alkyl halides is 3. The molecule has 0 spiro atoms. The number of aliphatic hydroxyl groups excluding tert-OH is 2. The van der Waals surface area contributed by atoms with Crippen LogP contribution in [0.5, 0.6) is 0 Å². The first-order chi connectivity index (χ1) is 8.75. The van der Waals surface area contributed by atoms with Gasteiger partial charge >= 0.3 is 6.18 Å². The number of nitro benzene ring substituents is 1. The van der Waals surface area contributed by atoms with E-state index in [4.69, 9.17) is 10.2 Å². The van der Waals surface area contributed by atoms with E-state index in [0.717, 1.165) is 18.2 Å². The number of rotatable bonds is 4. The lowest BCUT2D eigenvalue weighted by atomic mass is 10.1. The molecular formula is C11H10F3NO4. The summed E-state index contributed by atoms with van der Waals surface area (Å²) >= 11 is 0. The highest BCUT2D eigenvalue weighted by atomic mass is 19.4. The molecule has 1 aromatic carbocycles. The molecule has 0 amide bonds. The molecule has 0 saturated carbocycles. The molecule has 0 heterocycles.